The predicted octanol–water partition coefficient (Wildman–Crippen LogP) is 3.69. The Balaban J connectivity index is 1.74. The summed E-state index contributed by atoms with van der Waals surface area (Å²) in [6.45, 7) is 4.08. The molecule has 1 saturated heterocycles. The van der Waals surface area contributed by atoms with Gasteiger partial charge in [0.15, 0.2) is 0 Å². The first-order valence-corrected chi connectivity index (χ1v) is 11.1. The Hall–Kier alpha value is -1.92. The third-order valence-corrected chi connectivity index (χ3v) is 6.50. The first kappa shape index (κ1) is 21.3. The molecule has 0 bridgehead atoms. The lowest BCUT2D eigenvalue weighted by Crippen LogP contribution is -2.51. The van der Waals surface area contributed by atoms with E-state index >= 15 is 0 Å². The van der Waals surface area contributed by atoms with E-state index in [-0.39, 0.29) is 24.5 Å². The zero-order chi connectivity index (χ0) is 21.5. The molecule has 1 heterocycles. The van der Waals surface area contributed by atoms with Gasteiger partial charge in [-0.1, -0.05) is 55.8 Å². The predicted molar refractivity (Wildman–Crippen MR) is 120 cm³/mol. The molecule has 0 spiro atoms. The molecule has 160 valence electrons. The van der Waals surface area contributed by atoms with Crippen LogP contribution in [0.25, 0.3) is 11.1 Å². The van der Waals surface area contributed by atoms with Crippen molar-refractivity contribution in [3.05, 3.63) is 59.1 Å². The van der Waals surface area contributed by atoms with Crippen LogP contribution in [0.5, 0.6) is 0 Å². The number of benzene rings is 2. The standard InChI is InChI=1S/C24H30ClN3O2/c1-15(2)11-21(14-29)28-22(30)24(18-9-10-18,27-23(28)26)19-7-3-5-16(12-19)17-6-4-8-20(25)13-17/h3-8,12-13,15,18,21,23,27,29H,9-11,14,26H2,1-2H3/t21-,23?,24?/m1/s1. The normalized spacial score (nSPS) is 25.2. The molecule has 2 fully saturated rings. The average Bonchev–Trinajstić information content (AvgIpc) is 3.53. The third kappa shape index (κ3) is 3.76. The van der Waals surface area contributed by atoms with Gasteiger partial charge in [-0.25, -0.2) is 0 Å². The highest BCUT2D eigenvalue weighted by molar-refractivity contribution is 6.30. The summed E-state index contributed by atoms with van der Waals surface area (Å²) in [7, 11) is 0. The Morgan fingerprint density at radius 3 is 2.47 bits per heavy atom. The Kier molecular flexibility index (Phi) is 5.90. The van der Waals surface area contributed by atoms with E-state index in [2.05, 4.69) is 25.2 Å². The van der Waals surface area contributed by atoms with E-state index in [1.54, 1.807) is 4.90 Å². The van der Waals surface area contributed by atoms with Gasteiger partial charge in [0, 0.05) is 5.02 Å². The van der Waals surface area contributed by atoms with E-state index in [1.807, 2.05) is 42.5 Å². The molecular weight excluding hydrogens is 398 g/mol. The first-order valence-electron chi connectivity index (χ1n) is 10.7. The topological polar surface area (TPSA) is 78.6 Å². The zero-order valence-corrected chi connectivity index (χ0v) is 18.3. The number of aliphatic hydroxyl groups excluding tert-OH is 1. The molecule has 4 N–H and O–H groups in total. The Morgan fingerprint density at radius 1 is 1.20 bits per heavy atom. The fourth-order valence-corrected chi connectivity index (χ4v) is 4.96. The van der Waals surface area contributed by atoms with E-state index in [4.69, 9.17) is 17.3 Å². The number of rotatable bonds is 7. The van der Waals surface area contributed by atoms with Crippen LogP contribution >= 0.6 is 11.6 Å². The van der Waals surface area contributed by atoms with Gasteiger partial charge < -0.3 is 10.0 Å². The smallest absolute Gasteiger partial charge is 0.250 e. The maximum Gasteiger partial charge on any atom is 0.250 e. The summed E-state index contributed by atoms with van der Waals surface area (Å²) in [5.41, 5.74) is 8.53. The highest BCUT2D eigenvalue weighted by Crippen LogP contribution is 2.50. The van der Waals surface area contributed by atoms with Crippen LogP contribution in [0.3, 0.4) is 0 Å². The molecule has 5 nitrogen and oxygen atoms in total. The van der Waals surface area contributed by atoms with Gasteiger partial charge in [-0.15, -0.1) is 0 Å². The molecule has 30 heavy (non-hydrogen) atoms. The lowest BCUT2D eigenvalue weighted by Gasteiger charge is -2.32. The summed E-state index contributed by atoms with van der Waals surface area (Å²) in [6, 6.07) is 15.5. The lowest BCUT2D eigenvalue weighted by molar-refractivity contribution is -0.137. The molecule has 2 aliphatic rings. The highest BCUT2D eigenvalue weighted by atomic mass is 35.5. The van der Waals surface area contributed by atoms with Crippen molar-refractivity contribution in [3.63, 3.8) is 0 Å². The van der Waals surface area contributed by atoms with Gasteiger partial charge in [-0.05, 0) is 66.0 Å². The van der Waals surface area contributed by atoms with Gasteiger partial charge in [0.05, 0.1) is 12.6 Å². The van der Waals surface area contributed by atoms with E-state index in [1.165, 1.54) is 0 Å². The molecule has 2 unspecified atom stereocenters. The number of halogens is 1. The molecule has 0 aromatic heterocycles. The van der Waals surface area contributed by atoms with Gasteiger partial charge in [-0.2, -0.15) is 0 Å². The van der Waals surface area contributed by atoms with Crippen LogP contribution in [0.4, 0.5) is 0 Å². The number of hydrogen-bond donors (Lipinski definition) is 3. The molecule has 4 rings (SSSR count). The van der Waals surface area contributed by atoms with Crippen LogP contribution in [0.15, 0.2) is 48.5 Å². The SMILES string of the molecule is CC(C)C[C@H](CO)N1C(=O)C(c2cccc(-c3cccc(Cl)c3)c2)(C2CC2)NC1N. The monoisotopic (exact) mass is 427 g/mol. The average molecular weight is 428 g/mol. The Morgan fingerprint density at radius 2 is 1.87 bits per heavy atom. The summed E-state index contributed by atoms with van der Waals surface area (Å²) in [5, 5.41) is 14.1. The second kappa shape index (κ2) is 8.31. The number of nitrogens with one attached hydrogen (secondary N) is 1. The van der Waals surface area contributed by atoms with E-state index in [9.17, 15) is 9.90 Å². The minimum Gasteiger partial charge on any atom is -0.394 e. The van der Waals surface area contributed by atoms with Crippen molar-refractivity contribution < 1.29 is 9.90 Å². The maximum atomic E-state index is 13.9. The van der Waals surface area contributed by atoms with Crippen molar-refractivity contribution in [1.29, 1.82) is 0 Å². The maximum absolute atomic E-state index is 13.9. The van der Waals surface area contributed by atoms with Gasteiger partial charge in [0.25, 0.3) is 0 Å². The summed E-state index contributed by atoms with van der Waals surface area (Å²) in [4.78, 5) is 15.5. The molecule has 3 atom stereocenters. The molecule has 1 aliphatic carbocycles. The fraction of sp³-hybridized carbons (Fsp3) is 0.458. The van der Waals surface area contributed by atoms with Crippen molar-refractivity contribution in [2.45, 2.75) is 51.0 Å². The van der Waals surface area contributed by atoms with Gasteiger partial charge in [0.2, 0.25) is 5.91 Å². The summed E-state index contributed by atoms with van der Waals surface area (Å²) in [5.74, 6) is 0.527. The van der Waals surface area contributed by atoms with Crippen molar-refractivity contribution in [3.8, 4) is 11.1 Å². The van der Waals surface area contributed by atoms with Gasteiger partial charge in [-0.3, -0.25) is 15.8 Å². The number of amides is 1. The van der Waals surface area contributed by atoms with E-state index in [0.717, 1.165) is 29.5 Å². The number of nitrogens with two attached hydrogens (primary N) is 1. The molecule has 0 radical (unpaired) electrons. The lowest BCUT2D eigenvalue weighted by atomic mass is 9.83. The van der Waals surface area contributed by atoms with Crippen molar-refractivity contribution >= 4 is 17.5 Å². The number of hydrogen-bond acceptors (Lipinski definition) is 4. The van der Waals surface area contributed by atoms with Crippen molar-refractivity contribution in [2.75, 3.05) is 6.61 Å². The van der Waals surface area contributed by atoms with Crippen molar-refractivity contribution in [1.82, 2.24) is 10.2 Å². The van der Waals surface area contributed by atoms with Crippen LogP contribution in [-0.4, -0.2) is 34.9 Å². The highest BCUT2D eigenvalue weighted by Gasteiger charge is 2.60. The molecule has 1 amide bonds. The molecule has 2 aromatic rings. The van der Waals surface area contributed by atoms with E-state index in [0.29, 0.717) is 17.4 Å². The number of aliphatic hydroxyl groups is 1. The van der Waals surface area contributed by atoms with Crippen LogP contribution in [0.2, 0.25) is 5.02 Å². The summed E-state index contributed by atoms with van der Waals surface area (Å²) in [6.07, 6.45) is 2.05. The summed E-state index contributed by atoms with van der Waals surface area (Å²) < 4.78 is 0. The van der Waals surface area contributed by atoms with Gasteiger partial charge in [0.1, 0.15) is 11.8 Å². The quantitative estimate of drug-likeness (QED) is 0.629. The summed E-state index contributed by atoms with van der Waals surface area (Å²) >= 11 is 6.19. The zero-order valence-electron chi connectivity index (χ0n) is 17.5. The fourth-order valence-electron chi connectivity index (χ4n) is 4.77. The van der Waals surface area contributed by atoms with Crippen molar-refractivity contribution in [2.24, 2.45) is 17.6 Å². The number of carbonyl (C=O) groups is 1. The van der Waals surface area contributed by atoms with Crippen LogP contribution in [0.1, 0.15) is 38.7 Å². The van der Waals surface area contributed by atoms with Crippen LogP contribution in [0, 0.1) is 11.8 Å². The van der Waals surface area contributed by atoms with Crippen LogP contribution in [-0.2, 0) is 10.3 Å². The second-order valence-electron chi connectivity index (χ2n) is 8.94. The second-order valence-corrected chi connectivity index (χ2v) is 9.38. The third-order valence-electron chi connectivity index (χ3n) is 6.26. The molecule has 6 heteroatoms. The molecule has 1 saturated carbocycles. The van der Waals surface area contributed by atoms with E-state index < -0.39 is 11.8 Å². The largest absolute Gasteiger partial charge is 0.394 e. The number of nitrogens with zero attached hydrogens (tertiary/aromatic N) is 1. The first-order chi connectivity index (χ1) is 14.4. The molecule has 2 aromatic carbocycles. The minimum atomic E-state index is -0.849. The Bertz CT molecular complexity index is 930. The number of carbonyl (C=O) groups excluding carboxylic acids is 1. The molecule has 1 aliphatic heterocycles. The van der Waals surface area contributed by atoms with Crippen LogP contribution < -0.4 is 11.1 Å². The minimum absolute atomic E-state index is 0.0274. The van der Waals surface area contributed by atoms with Gasteiger partial charge >= 0.3 is 0 Å². The molecular formula is C24H30ClN3O2. The Labute approximate surface area is 183 Å².